The summed E-state index contributed by atoms with van der Waals surface area (Å²) in [4.78, 5) is 11.8. The van der Waals surface area contributed by atoms with Crippen LogP contribution >= 0.6 is 0 Å². The van der Waals surface area contributed by atoms with Crippen LogP contribution in [0, 0.1) is 13.8 Å². The van der Waals surface area contributed by atoms with Crippen LogP contribution in [0.1, 0.15) is 48.7 Å². The fraction of sp³-hybridized carbons (Fsp3) is 0.320. The van der Waals surface area contributed by atoms with Crippen LogP contribution in [-0.2, 0) is 6.42 Å². The van der Waals surface area contributed by atoms with Gasteiger partial charge in [-0.25, -0.2) is 4.99 Å². The van der Waals surface area contributed by atoms with E-state index in [9.17, 15) is 0 Å². The first-order chi connectivity index (χ1) is 14.1. The van der Waals surface area contributed by atoms with Crippen LogP contribution < -0.4 is 26.0 Å². The van der Waals surface area contributed by atoms with Gasteiger partial charge in [-0.1, -0.05) is 38.0 Å². The minimum Gasteiger partial charge on any atom is -0.494 e. The molecule has 0 fully saturated rings. The van der Waals surface area contributed by atoms with Crippen molar-refractivity contribution in [3.8, 4) is 5.75 Å². The second-order valence-electron chi connectivity index (χ2n) is 7.73. The van der Waals surface area contributed by atoms with Gasteiger partial charge in [0.15, 0.2) is 0 Å². The molecule has 3 heterocycles. The number of aryl methyl sites for hydroxylation is 1. The fourth-order valence-corrected chi connectivity index (χ4v) is 4.05. The Morgan fingerprint density at radius 1 is 1.10 bits per heavy atom. The number of nitrogens with zero attached hydrogens (tertiary/aromatic N) is 1. The van der Waals surface area contributed by atoms with Crippen molar-refractivity contribution in [2.24, 2.45) is 4.99 Å². The molecule has 150 valence electrons. The van der Waals surface area contributed by atoms with Gasteiger partial charge < -0.3 is 14.7 Å². The van der Waals surface area contributed by atoms with E-state index in [0.717, 1.165) is 44.8 Å². The van der Waals surface area contributed by atoms with Gasteiger partial charge in [-0.05, 0) is 56.0 Å². The molecule has 0 spiro atoms. The summed E-state index contributed by atoms with van der Waals surface area (Å²) in [6.07, 6.45) is 9.15. The normalized spacial score (nSPS) is 15.2. The quantitative estimate of drug-likeness (QED) is 0.628. The largest absolute Gasteiger partial charge is 0.494 e. The monoisotopic (exact) mass is 387 g/mol. The molecule has 0 amide bonds. The Balaban J connectivity index is 1.77. The lowest BCUT2D eigenvalue weighted by Crippen LogP contribution is -2.19. The number of fused-ring (bicyclic) bond motifs is 1. The Kier molecular flexibility index (Phi) is 5.43. The molecule has 29 heavy (non-hydrogen) atoms. The number of unbranched alkanes of at least 4 members (excludes halogenated alkanes) is 2. The van der Waals surface area contributed by atoms with Gasteiger partial charge in [0.2, 0.25) is 0 Å². The smallest absolute Gasteiger partial charge is 0.144 e. The first-order valence-electron chi connectivity index (χ1n) is 10.4. The highest BCUT2D eigenvalue weighted by atomic mass is 16.5. The van der Waals surface area contributed by atoms with Gasteiger partial charge in [-0.15, -0.1) is 0 Å². The molecular formula is C25H29N3O. The van der Waals surface area contributed by atoms with Gasteiger partial charge >= 0.3 is 0 Å². The molecule has 4 nitrogen and oxygen atoms in total. The van der Waals surface area contributed by atoms with E-state index in [-0.39, 0.29) is 0 Å². The lowest BCUT2D eigenvalue weighted by molar-refractivity contribution is 0.412. The van der Waals surface area contributed by atoms with Gasteiger partial charge in [0.25, 0.3) is 0 Å². The van der Waals surface area contributed by atoms with Crippen molar-refractivity contribution in [1.29, 1.82) is 0 Å². The van der Waals surface area contributed by atoms with E-state index >= 15 is 0 Å². The summed E-state index contributed by atoms with van der Waals surface area (Å²) in [5, 5.41) is 4.08. The van der Waals surface area contributed by atoms with Crippen LogP contribution in [0.2, 0.25) is 0 Å². The highest BCUT2D eigenvalue weighted by Gasteiger charge is 2.11. The maximum atomic E-state index is 5.65. The zero-order valence-corrected chi connectivity index (χ0v) is 17.7. The number of hydrogen-bond donors (Lipinski definition) is 2. The van der Waals surface area contributed by atoms with Crippen molar-refractivity contribution in [3.63, 3.8) is 0 Å². The average Bonchev–Trinajstić information content (AvgIpc) is 3.39. The molecule has 4 heteroatoms. The van der Waals surface area contributed by atoms with Gasteiger partial charge in [0.1, 0.15) is 5.75 Å². The summed E-state index contributed by atoms with van der Waals surface area (Å²) in [5.41, 5.74) is 6.11. The molecule has 0 unspecified atom stereocenters. The van der Waals surface area contributed by atoms with Gasteiger partial charge in [-0.2, -0.15) is 0 Å². The number of ether oxygens (including phenoxy) is 1. The molecule has 2 aromatic heterocycles. The molecular weight excluding hydrogens is 358 g/mol. The van der Waals surface area contributed by atoms with Crippen molar-refractivity contribution >= 4 is 17.8 Å². The molecule has 1 aliphatic rings. The Morgan fingerprint density at radius 3 is 2.69 bits per heavy atom. The van der Waals surface area contributed by atoms with Gasteiger partial charge in [-0.3, -0.25) is 0 Å². The SMILES string of the molecule is CCCCCc1c(C)[nH]c(/C=c2\[nH]/c(=C3/C=c4ccccc4=N3)cc2OC)c1C. The Labute approximate surface area is 171 Å². The highest BCUT2D eigenvalue weighted by Crippen LogP contribution is 2.21. The van der Waals surface area contributed by atoms with Crippen molar-refractivity contribution in [1.82, 2.24) is 9.97 Å². The van der Waals surface area contributed by atoms with Crippen molar-refractivity contribution in [2.75, 3.05) is 7.11 Å². The summed E-state index contributed by atoms with van der Waals surface area (Å²) < 4.78 is 5.65. The number of H-pyrrole nitrogens is 2. The third-order valence-corrected chi connectivity index (χ3v) is 5.73. The van der Waals surface area contributed by atoms with Gasteiger partial charge in [0.05, 0.1) is 28.9 Å². The van der Waals surface area contributed by atoms with E-state index in [4.69, 9.17) is 9.73 Å². The van der Waals surface area contributed by atoms with E-state index < -0.39 is 0 Å². The number of methoxy groups -OCH3 is 1. The number of aromatic nitrogens is 2. The first kappa shape index (κ1) is 19.3. The third kappa shape index (κ3) is 3.80. The van der Waals surface area contributed by atoms with Gasteiger partial charge in [0, 0.05) is 22.7 Å². The molecule has 3 aromatic rings. The molecule has 0 saturated heterocycles. The van der Waals surface area contributed by atoms with Crippen LogP contribution in [0.25, 0.3) is 17.8 Å². The second kappa shape index (κ2) is 8.16. The Hall–Kier alpha value is -3.01. The molecule has 1 aromatic carbocycles. The van der Waals surface area contributed by atoms with Crippen LogP contribution in [-0.4, -0.2) is 17.1 Å². The van der Waals surface area contributed by atoms with E-state index in [0.29, 0.717) is 0 Å². The zero-order chi connectivity index (χ0) is 20.4. The Bertz CT molecular complexity index is 1240. The highest BCUT2D eigenvalue weighted by molar-refractivity contribution is 5.76. The van der Waals surface area contributed by atoms with Crippen LogP contribution in [0.15, 0.2) is 35.3 Å². The van der Waals surface area contributed by atoms with Crippen molar-refractivity contribution < 1.29 is 4.74 Å². The van der Waals surface area contributed by atoms with E-state index in [1.54, 1.807) is 7.11 Å². The predicted molar refractivity (Wildman–Crippen MR) is 119 cm³/mol. The molecule has 0 atom stereocenters. The third-order valence-electron chi connectivity index (χ3n) is 5.73. The lowest BCUT2D eigenvalue weighted by Gasteiger charge is -2.01. The molecule has 2 N–H and O–H groups in total. The Morgan fingerprint density at radius 2 is 1.93 bits per heavy atom. The van der Waals surface area contributed by atoms with E-state index in [1.165, 1.54) is 36.1 Å². The summed E-state index contributed by atoms with van der Waals surface area (Å²) >= 11 is 0. The van der Waals surface area contributed by atoms with Crippen LogP contribution in [0.5, 0.6) is 5.75 Å². The van der Waals surface area contributed by atoms with Crippen LogP contribution in [0.3, 0.4) is 0 Å². The molecule has 0 aliphatic carbocycles. The first-order valence-corrected chi connectivity index (χ1v) is 10.4. The van der Waals surface area contributed by atoms with Crippen LogP contribution in [0.4, 0.5) is 0 Å². The molecule has 1 aliphatic heterocycles. The summed E-state index contributed by atoms with van der Waals surface area (Å²) in [6, 6.07) is 10.2. The maximum Gasteiger partial charge on any atom is 0.144 e. The molecule has 0 bridgehead atoms. The fourth-order valence-electron chi connectivity index (χ4n) is 4.05. The molecule has 0 saturated carbocycles. The average molecular weight is 388 g/mol. The van der Waals surface area contributed by atoms with E-state index in [1.807, 2.05) is 24.3 Å². The molecule has 4 rings (SSSR count). The maximum absolute atomic E-state index is 5.65. The second-order valence-corrected chi connectivity index (χ2v) is 7.73. The van der Waals surface area contributed by atoms with Crippen molar-refractivity contribution in [3.05, 3.63) is 74.1 Å². The van der Waals surface area contributed by atoms with E-state index in [2.05, 4.69) is 49.0 Å². The topological polar surface area (TPSA) is 53.2 Å². The number of aromatic amines is 2. The standard InChI is InChI=1S/C25H29N3O/c1-5-6-7-11-19-16(2)21(26-17(19)3)14-24-25(29-4)15-23(28-24)22-13-18-10-8-9-12-20(18)27-22/h8-10,12-15,26,28H,5-7,11H2,1-4H3/b23-22-,24-14-. The number of rotatable bonds is 6. The molecule has 0 radical (unpaired) electrons. The number of hydrogen-bond acceptors (Lipinski definition) is 2. The summed E-state index contributed by atoms with van der Waals surface area (Å²) in [6.45, 7) is 6.62. The minimum atomic E-state index is 0.825. The number of benzene rings is 1. The minimum absolute atomic E-state index is 0.825. The number of nitrogens with one attached hydrogen (secondary N) is 2. The summed E-state index contributed by atoms with van der Waals surface area (Å²) in [7, 11) is 1.71. The predicted octanol–water partition coefficient (Wildman–Crippen LogP) is 2.75. The number of para-hydroxylation sites is 1. The lowest BCUT2D eigenvalue weighted by atomic mass is 10.0. The van der Waals surface area contributed by atoms with Crippen molar-refractivity contribution in [2.45, 2.75) is 46.5 Å². The summed E-state index contributed by atoms with van der Waals surface area (Å²) in [5.74, 6) is 0.825. The zero-order valence-electron chi connectivity index (χ0n) is 17.7.